The molecule has 8 heteroatoms. The first-order valence-electron chi connectivity index (χ1n) is 10.3. The molecule has 0 fully saturated rings. The van der Waals surface area contributed by atoms with Crippen molar-refractivity contribution in [1.82, 2.24) is 10.3 Å². The van der Waals surface area contributed by atoms with Gasteiger partial charge < -0.3 is 19.4 Å². The number of fused-ring (bicyclic) bond motifs is 1. The summed E-state index contributed by atoms with van der Waals surface area (Å²) in [6.07, 6.45) is 2.02. The van der Waals surface area contributed by atoms with Gasteiger partial charge in [0.25, 0.3) is 5.22 Å². The Hall–Kier alpha value is -2.84. The van der Waals surface area contributed by atoms with Crippen LogP contribution in [0.4, 0.5) is 5.69 Å². The lowest BCUT2D eigenvalue weighted by Crippen LogP contribution is -2.43. The number of esters is 1. The van der Waals surface area contributed by atoms with E-state index in [-0.39, 0.29) is 6.61 Å². The highest BCUT2D eigenvalue weighted by Gasteiger charge is 2.28. The van der Waals surface area contributed by atoms with Gasteiger partial charge in [0.05, 0.1) is 6.61 Å². The highest BCUT2D eigenvalue weighted by Crippen LogP contribution is 2.28. The molecule has 1 N–H and O–H groups in total. The quantitative estimate of drug-likeness (QED) is 0.199. The van der Waals surface area contributed by atoms with Crippen LogP contribution >= 0.6 is 11.8 Å². The molecule has 0 bridgehead atoms. The number of nitrogens with one attached hydrogen (secondary N) is 1. The first-order valence-corrected chi connectivity index (χ1v) is 11.3. The van der Waals surface area contributed by atoms with Gasteiger partial charge in [-0.2, -0.15) is 0 Å². The topological polar surface area (TPSA) is 84.7 Å². The van der Waals surface area contributed by atoms with E-state index in [0.29, 0.717) is 34.8 Å². The molecule has 31 heavy (non-hydrogen) atoms. The van der Waals surface area contributed by atoms with Crippen LogP contribution in [0.1, 0.15) is 18.9 Å². The molecule has 1 aromatic heterocycles. The lowest BCUT2D eigenvalue weighted by Gasteiger charge is -2.26. The molecule has 1 atom stereocenters. The minimum Gasteiger partial charge on any atom is -0.464 e. The molecule has 3 aromatic rings. The molecule has 3 rings (SSSR count). The summed E-state index contributed by atoms with van der Waals surface area (Å²) in [5.41, 5.74) is 2.79. The van der Waals surface area contributed by atoms with Gasteiger partial charge in [-0.05, 0) is 50.7 Å². The van der Waals surface area contributed by atoms with Crippen LogP contribution in [-0.2, 0) is 20.7 Å². The van der Waals surface area contributed by atoms with Crippen LogP contribution in [0.3, 0.4) is 0 Å². The number of aromatic nitrogens is 1. The predicted molar refractivity (Wildman–Crippen MR) is 122 cm³/mol. The largest absolute Gasteiger partial charge is 0.464 e. The number of hydrogen-bond acceptors (Lipinski definition) is 7. The average Bonchev–Trinajstić information content (AvgIpc) is 3.19. The van der Waals surface area contributed by atoms with Crippen LogP contribution in [-0.4, -0.2) is 49.4 Å². The summed E-state index contributed by atoms with van der Waals surface area (Å²) in [5, 5.41) is 3.70. The fraction of sp³-hybridized carbons (Fsp3) is 0.348. The van der Waals surface area contributed by atoms with Crippen molar-refractivity contribution in [2.24, 2.45) is 0 Å². The first kappa shape index (κ1) is 22.8. The number of oxazole rings is 1. The molecule has 0 radical (unpaired) electrons. The number of hydrogen-bond donors (Lipinski definition) is 1. The monoisotopic (exact) mass is 441 g/mol. The van der Waals surface area contributed by atoms with E-state index in [1.807, 2.05) is 37.4 Å². The second kappa shape index (κ2) is 11.5. The van der Waals surface area contributed by atoms with E-state index in [4.69, 9.17) is 9.15 Å². The molecule has 0 spiro atoms. The highest BCUT2D eigenvalue weighted by atomic mass is 32.2. The maximum absolute atomic E-state index is 12.7. The molecule has 0 aliphatic heterocycles. The Morgan fingerprint density at radius 3 is 2.81 bits per heavy atom. The third kappa shape index (κ3) is 6.08. The Labute approximate surface area is 186 Å². The van der Waals surface area contributed by atoms with Gasteiger partial charge in [-0.3, -0.25) is 4.79 Å². The van der Waals surface area contributed by atoms with Crippen molar-refractivity contribution >= 4 is 40.9 Å². The van der Waals surface area contributed by atoms with E-state index in [2.05, 4.69) is 10.3 Å². The molecule has 164 valence electrons. The molecule has 7 nitrogen and oxygen atoms in total. The van der Waals surface area contributed by atoms with Gasteiger partial charge in [-0.15, -0.1) is 0 Å². The Bertz CT molecular complexity index is 993. The average molecular weight is 442 g/mol. The first-order chi connectivity index (χ1) is 15.2. The summed E-state index contributed by atoms with van der Waals surface area (Å²) in [6.45, 7) is 2.93. The van der Waals surface area contributed by atoms with Gasteiger partial charge in [-0.1, -0.05) is 42.1 Å². The number of rotatable bonds is 12. The van der Waals surface area contributed by atoms with Crippen molar-refractivity contribution < 1.29 is 18.7 Å². The summed E-state index contributed by atoms with van der Waals surface area (Å²) in [7, 11) is 1.92. The van der Waals surface area contributed by atoms with E-state index in [1.54, 1.807) is 36.9 Å². The second-order valence-electron chi connectivity index (χ2n) is 6.91. The van der Waals surface area contributed by atoms with Crippen LogP contribution in [0, 0.1) is 0 Å². The maximum Gasteiger partial charge on any atom is 0.329 e. The number of thioether (sulfide) groups is 1. The Morgan fingerprint density at radius 1 is 1.29 bits per heavy atom. The van der Waals surface area contributed by atoms with Gasteiger partial charge in [0.2, 0.25) is 6.41 Å². The molecule has 1 heterocycles. The molecule has 1 unspecified atom stereocenters. The molecular weight excluding hydrogens is 414 g/mol. The highest BCUT2D eigenvalue weighted by molar-refractivity contribution is 7.99. The number of amides is 1. The zero-order chi connectivity index (χ0) is 22.1. The molecule has 2 aromatic carbocycles. The summed E-state index contributed by atoms with van der Waals surface area (Å²) in [6, 6.07) is 14.1. The van der Waals surface area contributed by atoms with Gasteiger partial charge >= 0.3 is 5.97 Å². The van der Waals surface area contributed by atoms with E-state index < -0.39 is 12.0 Å². The Morgan fingerprint density at radius 2 is 2.10 bits per heavy atom. The minimum absolute atomic E-state index is 0.243. The number of carbonyl (C=O) groups is 2. The Kier molecular flexibility index (Phi) is 8.49. The van der Waals surface area contributed by atoms with Crippen molar-refractivity contribution in [3.8, 4) is 0 Å². The Balaban J connectivity index is 1.84. The number of ether oxygens (including phenoxy) is 1. The zero-order valence-corrected chi connectivity index (χ0v) is 18.6. The van der Waals surface area contributed by atoms with Crippen molar-refractivity contribution in [2.75, 3.05) is 30.9 Å². The van der Waals surface area contributed by atoms with E-state index >= 15 is 0 Å². The lowest BCUT2D eigenvalue weighted by atomic mass is 10.0. The van der Waals surface area contributed by atoms with Crippen molar-refractivity contribution in [1.29, 1.82) is 0 Å². The molecule has 1 amide bonds. The fourth-order valence-electron chi connectivity index (χ4n) is 3.21. The van der Waals surface area contributed by atoms with Crippen LogP contribution in [0.2, 0.25) is 0 Å². The summed E-state index contributed by atoms with van der Waals surface area (Å²) >= 11 is 1.55. The van der Waals surface area contributed by atoms with Gasteiger partial charge in [0, 0.05) is 17.9 Å². The normalized spacial score (nSPS) is 11.9. The van der Waals surface area contributed by atoms with E-state index in [1.165, 1.54) is 4.90 Å². The van der Waals surface area contributed by atoms with E-state index in [0.717, 1.165) is 24.3 Å². The summed E-state index contributed by atoms with van der Waals surface area (Å²) in [4.78, 5) is 30.7. The number of benzene rings is 2. The third-order valence-corrected chi connectivity index (χ3v) is 5.64. The summed E-state index contributed by atoms with van der Waals surface area (Å²) in [5.74, 6) is 0.447. The second-order valence-corrected chi connectivity index (χ2v) is 7.95. The minimum atomic E-state index is -0.778. The number of carbonyl (C=O) groups excluding carboxylic acids is 2. The molecular formula is C23H27N3O4S. The van der Waals surface area contributed by atoms with Crippen molar-refractivity contribution in [2.45, 2.75) is 31.0 Å². The molecule has 0 aliphatic rings. The smallest absolute Gasteiger partial charge is 0.329 e. The van der Waals surface area contributed by atoms with Crippen molar-refractivity contribution in [3.63, 3.8) is 0 Å². The standard InChI is InChI=1S/C23H27N3O4S/c1-3-29-22(28)20(14-17-8-5-4-6-9-17)26(16-27)18-10-11-21-19(15-18)25-23(30-21)31-13-7-12-24-2/h4-6,8-11,15-16,20,24H,3,7,12-14H2,1-2H3. The van der Waals surface area contributed by atoms with Gasteiger partial charge in [-0.25, -0.2) is 9.78 Å². The third-order valence-electron chi connectivity index (χ3n) is 4.73. The van der Waals surface area contributed by atoms with Crippen molar-refractivity contribution in [3.05, 3.63) is 54.1 Å². The number of anilines is 1. The molecule has 0 saturated heterocycles. The van der Waals surface area contributed by atoms with Gasteiger partial charge in [0.1, 0.15) is 11.6 Å². The van der Waals surface area contributed by atoms with Crippen LogP contribution in [0.15, 0.2) is 58.2 Å². The SMILES string of the molecule is CCOC(=O)C(Cc1ccccc1)N(C=O)c1ccc2oc(SCCCNC)nc2c1. The maximum atomic E-state index is 12.7. The van der Waals surface area contributed by atoms with Crippen LogP contribution in [0.5, 0.6) is 0 Å². The molecule has 0 aliphatic carbocycles. The summed E-state index contributed by atoms with van der Waals surface area (Å²) < 4.78 is 11.0. The predicted octanol–water partition coefficient (Wildman–Crippen LogP) is 3.67. The van der Waals surface area contributed by atoms with Gasteiger partial charge in [0.15, 0.2) is 5.58 Å². The fourth-order valence-corrected chi connectivity index (χ4v) is 3.99. The molecule has 0 saturated carbocycles. The van der Waals surface area contributed by atoms with Crippen LogP contribution in [0.25, 0.3) is 11.1 Å². The van der Waals surface area contributed by atoms with Crippen LogP contribution < -0.4 is 10.2 Å². The van der Waals surface area contributed by atoms with E-state index in [9.17, 15) is 9.59 Å². The zero-order valence-electron chi connectivity index (χ0n) is 17.7. The number of nitrogens with zero attached hydrogens (tertiary/aromatic N) is 2. The lowest BCUT2D eigenvalue weighted by molar-refractivity contribution is -0.145.